The van der Waals surface area contributed by atoms with Crippen molar-refractivity contribution in [2.24, 2.45) is 7.05 Å². The summed E-state index contributed by atoms with van der Waals surface area (Å²) in [5.41, 5.74) is 1.54. The van der Waals surface area contributed by atoms with Crippen molar-refractivity contribution >= 4 is 23.5 Å². The highest BCUT2D eigenvalue weighted by molar-refractivity contribution is 7.99. The summed E-state index contributed by atoms with van der Waals surface area (Å²) in [5, 5.41) is 15.3. The van der Waals surface area contributed by atoms with Crippen LogP contribution in [0, 0.1) is 6.92 Å². The standard InChI is InChI=1S/C16H17N5O3S/c1-10-8-13(21(2)20-10)17-14(22)9-25-16-19-18-15(24-16)11-6-4-5-7-12(11)23-3/h4-8H,9H2,1-3H3,(H,17,22). The second-order valence-electron chi connectivity index (χ2n) is 5.20. The molecule has 0 spiro atoms. The molecule has 8 nitrogen and oxygen atoms in total. The average Bonchev–Trinajstić information content (AvgIpc) is 3.19. The van der Waals surface area contributed by atoms with Crippen LogP contribution in [-0.2, 0) is 11.8 Å². The zero-order chi connectivity index (χ0) is 17.8. The Hall–Kier alpha value is -2.81. The molecule has 1 N–H and O–H groups in total. The smallest absolute Gasteiger partial charge is 0.277 e. The molecule has 2 aromatic heterocycles. The first-order valence-electron chi connectivity index (χ1n) is 7.47. The Bertz CT molecular complexity index is 890. The third-order valence-electron chi connectivity index (χ3n) is 3.34. The third kappa shape index (κ3) is 4.00. The summed E-state index contributed by atoms with van der Waals surface area (Å²) in [6, 6.07) is 9.17. The van der Waals surface area contributed by atoms with Gasteiger partial charge < -0.3 is 14.5 Å². The molecule has 2 heterocycles. The van der Waals surface area contributed by atoms with Crippen LogP contribution in [0.2, 0.25) is 0 Å². The topological polar surface area (TPSA) is 95.1 Å². The van der Waals surface area contributed by atoms with E-state index in [1.165, 1.54) is 11.8 Å². The number of nitrogens with one attached hydrogen (secondary N) is 1. The molecule has 0 bridgehead atoms. The number of amides is 1. The van der Waals surface area contributed by atoms with E-state index in [1.807, 2.05) is 31.2 Å². The van der Waals surface area contributed by atoms with Crippen molar-refractivity contribution in [1.82, 2.24) is 20.0 Å². The Balaban J connectivity index is 1.62. The van der Waals surface area contributed by atoms with Gasteiger partial charge in [-0.25, -0.2) is 0 Å². The van der Waals surface area contributed by atoms with Crippen LogP contribution in [0.4, 0.5) is 5.82 Å². The summed E-state index contributed by atoms with van der Waals surface area (Å²) in [4.78, 5) is 12.0. The first-order valence-corrected chi connectivity index (χ1v) is 8.45. The quantitative estimate of drug-likeness (QED) is 0.676. The minimum Gasteiger partial charge on any atom is -0.496 e. The van der Waals surface area contributed by atoms with Crippen LogP contribution in [0.1, 0.15) is 5.69 Å². The maximum atomic E-state index is 12.0. The fourth-order valence-electron chi connectivity index (χ4n) is 2.23. The van der Waals surface area contributed by atoms with E-state index in [2.05, 4.69) is 20.6 Å². The van der Waals surface area contributed by atoms with Gasteiger partial charge in [-0.15, -0.1) is 10.2 Å². The Morgan fingerprint density at radius 3 is 2.88 bits per heavy atom. The molecule has 25 heavy (non-hydrogen) atoms. The number of carbonyl (C=O) groups is 1. The number of anilines is 1. The van der Waals surface area contributed by atoms with E-state index in [-0.39, 0.29) is 11.7 Å². The van der Waals surface area contributed by atoms with Gasteiger partial charge in [0.05, 0.1) is 24.1 Å². The van der Waals surface area contributed by atoms with Gasteiger partial charge in [-0.3, -0.25) is 9.48 Å². The van der Waals surface area contributed by atoms with Crippen LogP contribution in [-0.4, -0.2) is 38.7 Å². The van der Waals surface area contributed by atoms with Crippen LogP contribution in [0.25, 0.3) is 11.5 Å². The first kappa shape index (κ1) is 17.0. The zero-order valence-electron chi connectivity index (χ0n) is 14.0. The maximum absolute atomic E-state index is 12.0. The van der Waals surface area contributed by atoms with Crippen LogP contribution >= 0.6 is 11.8 Å². The lowest BCUT2D eigenvalue weighted by molar-refractivity contribution is -0.113. The van der Waals surface area contributed by atoms with Crippen molar-refractivity contribution in [2.75, 3.05) is 18.2 Å². The molecule has 0 unspecified atom stereocenters. The predicted molar refractivity (Wildman–Crippen MR) is 93.6 cm³/mol. The molecule has 3 rings (SSSR count). The van der Waals surface area contributed by atoms with E-state index in [0.717, 1.165) is 5.69 Å². The van der Waals surface area contributed by atoms with Crippen LogP contribution < -0.4 is 10.1 Å². The highest BCUT2D eigenvalue weighted by Crippen LogP contribution is 2.30. The Kier molecular flexibility index (Phi) is 5.03. The molecule has 9 heteroatoms. The Morgan fingerprint density at radius 2 is 2.16 bits per heavy atom. The first-order chi connectivity index (χ1) is 12.1. The fraction of sp³-hybridized carbons (Fsp3) is 0.250. The number of para-hydroxylation sites is 1. The van der Waals surface area contributed by atoms with Crippen LogP contribution in [0.3, 0.4) is 0 Å². The van der Waals surface area contributed by atoms with Crippen LogP contribution in [0.5, 0.6) is 5.75 Å². The van der Waals surface area contributed by atoms with Gasteiger partial charge in [0.25, 0.3) is 11.1 Å². The van der Waals surface area contributed by atoms with E-state index in [9.17, 15) is 4.79 Å². The van der Waals surface area contributed by atoms with Crippen molar-refractivity contribution < 1.29 is 13.9 Å². The molecular weight excluding hydrogens is 342 g/mol. The van der Waals surface area contributed by atoms with Gasteiger partial charge in [0.15, 0.2) is 0 Å². The van der Waals surface area contributed by atoms with Gasteiger partial charge in [0.2, 0.25) is 5.91 Å². The molecule has 1 aromatic carbocycles. The number of hydrogen-bond donors (Lipinski definition) is 1. The monoisotopic (exact) mass is 359 g/mol. The Morgan fingerprint density at radius 1 is 1.36 bits per heavy atom. The summed E-state index contributed by atoms with van der Waals surface area (Å²) >= 11 is 1.17. The molecule has 1 amide bonds. The average molecular weight is 359 g/mol. The summed E-state index contributed by atoms with van der Waals surface area (Å²) in [7, 11) is 3.35. The largest absolute Gasteiger partial charge is 0.496 e. The third-order valence-corrected chi connectivity index (χ3v) is 4.16. The van der Waals surface area contributed by atoms with Crippen molar-refractivity contribution in [1.29, 1.82) is 0 Å². The minimum absolute atomic E-state index is 0.151. The molecule has 0 saturated heterocycles. The predicted octanol–water partition coefficient (Wildman–Crippen LogP) is 2.52. The number of nitrogens with zero attached hydrogens (tertiary/aromatic N) is 4. The molecular formula is C16H17N5O3S. The summed E-state index contributed by atoms with van der Waals surface area (Å²) in [5.74, 6) is 1.61. The van der Waals surface area contributed by atoms with E-state index >= 15 is 0 Å². The molecule has 0 radical (unpaired) electrons. The number of thioether (sulfide) groups is 1. The Labute approximate surface area is 148 Å². The molecule has 0 aliphatic carbocycles. The normalized spacial score (nSPS) is 10.7. The maximum Gasteiger partial charge on any atom is 0.277 e. The van der Waals surface area contributed by atoms with E-state index in [4.69, 9.17) is 9.15 Å². The summed E-state index contributed by atoms with van der Waals surface area (Å²) in [6.45, 7) is 1.86. The van der Waals surface area contributed by atoms with Crippen LogP contribution in [0.15, 0.2) is 40.0 Å². The molecule has 0 saturated carbocycles. The molecule has 0 fully saturated rings. The zero-order valence-corrected chi connectivity index (χ0v) is 14.8. The minimum atomic E-state index is -0.176. The number of carbonyl (C=O) groups excluding carboxylic acids is 1. The highest BCUT2D eigenvalue weighted by atomic mass is 32.2. The van der Waals surface area contributed by atoms with Crippen molar-refractivity contribution in [2.45, 2.75) is 12.1 Å². The number of ether oxygens (including phenoxy) is 1. The van der Waals surface area contributed by atoms with Crippen molar-refractivity contribution in [3.63, 3.8) is 0 Å². The number of aromatic nitrogens is 4. The molecule has 0 aliphatic rings. The van der Waals surface area contributed by atoms with E-state index < -0.39 is 0 Å². The summed E-state index contributed by atoms with van der Waals surface area (Å²) < 4.78 is 12.5. The lowest BCUT2D eigenvalue weighted by Crippen LogP contribution is -2.16. The lowest BCUT2D eigenvalue weighted by Gasteiger charge is -2.04. The lowest BCUT2D eigenvalue weighted by atomic mass is 10.2. The van der Waals surface area contributed by atoms with Gasteiger partial charge >= 0.3 is 0 Å². The van der Waals surface area contributed by atoms with E-state index in [0.29, 0.717) is 28.2 Å². The molecule has 0 aliphatic heterocycles. The van der Waals surface area contributed by atoms with Crippen molar-refractivity contribution in [3.8, 4) is 17.2 Å². The fourth-order valence-corrected chi connectivity index (χ4v) is 2.80. The van der Waals surface area contributed by atoms with E-state index in [1.54, 1.807) is 24.9 Å². The second-order valence-corrected chi connectivity index (χ2v) is 6.13. The van der Waals surface area contributed by atoms with Gasteiger partial charge in [0, 0.05) is 13.1 Å². The summed E-state index contributed by atoms with van der Waals surface area (Å²) in [6.07, 6.45) is 0. The second kappa shape index (κ2) is 7.39. The van der Waals surface area contributed by atoms with Gasteiger partial charge in [0.1, 0.15) is 11.6 Å². The number of methoxy groups -OCH3 is 1. The highest BCUT2D eigenvalue weighted by Gasteiger charge is 2.15. The number of aryl methyl sites for hydroxylation is 2. The van der Waals surface area contributed by atoms with Crippen molar-refractivity contribution in [3.05, 3.63) is 36.0 Å². The number of benzene rings is 1. The van der Waals surface area contributed by atoms with Gasteiger partial charge in [-0.1, -0.05) is 23.9 Å². The molecule has 0 atom stereocenters. The van der Waals surface area contributed by atoms with Gasteiger partial charge in [-0.05, 0) is 19.1 Å². The molecule has 130 valence electrons. The number of hydrogen-bond acceptors (Lipinski definition) is 7. The number of rotatable bonds is 6. The van der Waals surface area contributed by atoms with Gasteiger partial charge in [-0.2, -0.15) is 5.10 Å². The molecule has 3 aromatic rings. The SMILES string of the molecule is COc1ccccc1-c1nnc(SCC(=O)Nc2cc(C)nn2C)o1.